The number of anilines is 1. The molecule has 0 saturated heterocycles. The summed E-state index contributed by atoms with van der Waals surface area (Å²) in [6, 6.07) is 3.14. The average molecular weight is 259 g/mol. The van der Waals surface area contributed by atoms with Gasteiger partial charge in [0.1, 0.15) is 6.04 Å². The molecule has 6 nitrogen and oxygen atoms in total. The first-order valence-electron chi connectivity index (χ1n) is 4.74. The molecule has 0 saturated carbocycles. The van der Waals surface area contributed by atoms with Crippen LogP contribution in [0.15, 0.2) is 18.2 Å². The molecule has 0 aromatic heterocycles. The van der Waals surface area contributed by atoms with Crippen molar-refractivity contribution in [2.45, 2.75) is 13.0 Å². The van der Waals surface area contributed by atoms with E-state index in [0.29, 0.717) is 5.69 Å². The summed E-state index contributed by atoms with van der Waals surface area (Å²) < 4.78 is 0. The van der Waals surface area contributed by atoms with Gasteiger partial charge in [0.25, 0.3) is 5.69 Å². The molecule has 92 valence electrons. The van der Waals surface area contributed by atoms with Crippen molar-refractivity contribution in [1.82, 2.24) is 0 Å². The molecule has 1 aromatic carbocycles. The number of nitrogens with zero attached hydrogens (tertiary/aromatic N) is 2. The maximum absolute atomic E-state index is 10.8. The minimum absolute atomic E-state index is 0.130. The van der Waals surface area contributed by atoms with Gasteiger partial charge in [-0.15, -0.1) is 0 Å². The molecule has 0 aliphatic rings. The van der Waals surface area contributed by atoms with Crippen LogP contribution in [0.5, 0.6) is 0 Å². The molecule has 0 heterocycles. The van der Waals surface area contributed by atoms with Crippen molar-refractivity contribution in [2.75, 3.05) is 11.9 Å². The Labute approximate surface area is 103 Å². The van der Waals surface area contributed by atoms with Crippen LogP contribution in [0.3, 0.4) is 0 Å². The average Bonchev–Trinajstić information content (AvgIpc) is 2.26. The fourth-order valence-electron chi connectivity index (χ4n) is 1.27. The number of carbonyl (C=O) groups is 1. The number of non-ortho nitro benzene ring substituents is 1. The molecule has 0 aliphatic carbocycles. The molecule has 0 bridgehead atoms. The number of carboxylic acids is 1. The molecule has 0 aliphatic heterocycles. The van der Waals surface area contributed by atoms with E-state index in [1.165, 1.54) is 30.0 Å². The van der Waals surface area contributed by atoms with Crippen LogP contribution in [0.25, 0.3) is 0 Å². The lowest BCUT2D eigenvalue weighted by molar-refractivity contribution is -0.384. The quantitative estimate of drug-likeness (QED) is 0.661. The second-order valence-corrected chi connectivity index (χ2v) is 3.93. The number of hydrogen-bond donors (Lipinski definition) is 1. The molecule has 17 heavy (non-hydrogen) atoms. The molecule has 0 amide bonds. The lowest BCUT2D eigenvalue weighted by Gasteiger charge is -2.24. The van der Waals surface area contributed by atoms with Crippen molar-refractivity contribution >= 4 is 28.9 Å². The SMILES string of the molecule is CC(C(=O)O)N(C)c1ccc([N+](=O)[O-])cc1Cl. The van der Waals surface area contributed by atoms with E-state index in [9.17, 15) is 14.9 Å². The van der Waals surface area contributed by atoms with Crippen molar-refractivity contribution in [3.05, 3.63) is 33.3 Å². The first kappa shape index (κ1) is 13.2. The third-order valence-electron chi connectivity index (χ3n) is 2.46. The molecule has 0 fully saturated rings. The molecule has 0 spiro atoms. The number of halogens is 1. The highest BCUT2D eigenvalue weighted by Gasteiger charge is 2.20. The first-order chi connectivity index (χ1) is 7.84. The summed E-state index contributed by atoms with van der Waals surface area (Å²) in [5.41, 5.74) is 0.308. The van der Waals surface area contributed by atoms with E-state index < -0.39 is 16.9 Å². The Hall–Kier alpha value is -1.82. The van der Waals surface area contributed by atoms with E-state index in [0.717, 1.165) is 0 Å². The van der Waals surface area contributed by atoms with Gasteiger partial charge in [-0.05, 0) is 13.0 Å². The van der Waals surface area contributed by atoms with Crippen LogP contribution < -0.4 is 4.90 Å². The topological polar surface area (TPSA) is 83.7 Å². The standard InChI is InChI=1S/C10H11ClN2O4/c1-6(10(14)15)12(2)9-4-3-7(13(16)17)5-8(9)11/h3-6H,1-2H3,(H,14,15). The molecule has 1 N–H and O–H groups in total. The van der Waals surface area contributed by atoms with Crippen LogP contribution in [0.4, 0.5) is 11.4 Å². The zero-order valence-electron chi connectivity index (χ0n) is 9.25. The van der Waals surface area contributed by atoms with Gasteiger partial charge in [-0.2, -0.15) is 0 Å². The van der Waals surface area contributed by atoms with Crippen LogP contribution in [-0.4, -0.2) is 29.1 Å². The van der Waals surface area contributed by atoms with Crippen LogP contribution in [-0.2, 0) is 4.79 Å². The van der Waals surface area contributed by atoms with Crippen LogP contribution >= 0.6 is 11.6 Å². The van der Waals surface area contributed by atoms with Gasteiger partial charge in [0.2, 0.25) is 0 Å². The second kappa shape index (κ2) is 5.01. The predicted octanol–water partition coefficient (Wildman–Crippen LogP) is 2.16. The van der Waals surface area contributed by atoms with Crippen molar-refractivity contribution in [1.29, 1.82) is 0 Å². The van der Waals surface area contributed by atoms with Crippen molar-refractivity contribution in [3.63, 3.8) is 0 Å². The van der Waals surface area contributed by atoms with Crippen LogP contribution in [0.1, 0.15) is 6.92 Å². The highest BCUT2D eigenvalue weighted by Crippen LogP contribution is 2.30. The maximum Gasteiger partial charge on any atom is 0.326 e. The summed E-state index contributed by atoms with van der Waals surface area (Å²) in [6.07, 6.45) is 0. The maximum atomic E-state index is 10.8. The van der Waals surface area contributed by atoms with Gasteiger partial charge in [-0.3, -0.25) is 10.1 Å². The molecule has 1 rings (SSSR count). The van der Waals surface area contributed by atoms with Gasteiger partial charge in [-0.1, -0.05) is 11.6 Å². The zero-order chi connectivity index (χ0) is 13.2. The molecular weight excluding hydrogens is 248 g/mol. The number of benzene rings is 1. The Morgan fingerprint density at radius 1 is 1.59 bits per heavy atom. The molecule has 1 aromatic rings. The number of likely N-dealkylation sites (N-methyl/N-ethyl adjacent to an activating group) is 1. The summed E-state index contributed by atoms with van der Waals surface area (Å²) in [6.45, 7) is 1.50. The normalized spacial score (nSPS) is 11.9. The van der Waals surface area contributed by atoms with Crippen LogP contribution in [0.2, 0.25) is 5.02 Å². The summed E-state index contributed by atoms with van der Waals surface area (Å²) in [5.74, 6) is -0.998. The number of hydrogen-bond acceptors (Lipinski definition) is 4. The highest BCUT2D eigenvalue weighted by atomic mass is 35.5. The molecule has 1 unspecified atom stereocenters. The monoisotopic (exact) mass is 258 g/mol. The summed E-state index contributed by atoms with van der Waals surface area (Å²) in [4.78, 5) is 22.2. The van der Waals surface area contributed by atoms with Crippen molar-refractivity contribution < 1.29 is 14.8 Å². The molecule has 7 heteroatoms. The molecule has 0 radical (unpaired) electrons. The number of carboxylic acid groups (broad SMARTS) is 1. The minimum atomic E-state index is -0.998. The van der Waals surface area contributed by atoms with E-state index >= 15 is 0 Å². The van der Waals surface area contributed by atoms with Crippen LogP contribution in [0, 0.1) is 10.1 Å². The number of nitro benzene ring substituents is 1. The van der Waals surface area contributed by atoms with Gasteiger partial charge in [0.05, 0.1) is 15.6 Å². The van der Waals surface area contributed by atoms with Gasteiger partial charge in [-0.25, -0.2) is 4.79 Å². The zero-order valence-corrected chi connectivity index (χ0v) is 10.0. The Kier molecular flexibility index (Phi) is 3.90. The first-order valence-corrected chi connectivity index (χ1v) is 5.12. The number of rotatable bonds is 4. The lowest BCUT2D eigenvalue weighted by atomic mass is 10.2. The van der Waals surface area contributed by atoms with E-state index in [2.05, 4.69) is 0 Å². The van der Waals surface area contributed by atoms with Gasteiger partial charge >= 0.3 is 5.97 Å². The minimum Gasteiger partial charge on any atom is -0.480 e. The largest absolute Gasteiger partial charge is 0.480 e. The van der Waals surface area contributed by atoms with E-state index in [1.54, 1.807) is 7.05 Å². The predicted molar refractivity (Wildman–Crippen MR) is 63.6 cm³/mol. The van der Waals surface area contributed by atoms with Gasteiger partial charge in [0, 0.05) is 19.2 Å². The summed E-state index contributed by atoms with van der Waals surface area (Å²) in [5, 5.41) is 19.5. The highest BCUT2D eigenvalue weighted by molar-refractivity contribution is 6.33. The summed E-state index contributed by atoms with van der Waals surface area (Å²) in [7, 11) is 1.56. The third-order valence-corrected chi connectivity index (χ3v) is 2.76. The van der Waals surface area contributed by atoms with E-state index in [-0.39, 0.29) is 10.7 Å². The Morgan fingerprint density at radius 3 is 2.59 bits per heavy atom. The Morgan fingerprint density at radius 2 is 2.18 bits per heavy atom. The molecule has 1 atom stereocenters. The summed E-state index contributed by atoms with van der Waals surface area (Å²) >= 11 is 5.88. The fraction of sp³-hybridized carbons (Fsp3) is 0.300. The number of aliphatic carboxylic acids is 1. The Bertz CT molecular complexity index is 464. The third kappa shape index (κ3) is 2.85. The molecular formula is C10H11ClN2O4. The van der Waals surface area contributed by atoms with Crippen molar-refractivity contribution in [2.24, 2.45) is 0 Å². The van der Waals surface area contributed by atoms with Crippen molar-refractivity contribution in [3.8, 4) is 0 Å². The lowest BCUT2D eigenvalue weighted by Crippen LogP contribution is -2.35. The Balaban J connectivity index is 3.08. The fourth-order valence-corrected chi connectivity index (χ4v) is 1.58. The van der Waals surface area contributed by atoms with E-state index in [1.807, 2.05) is 0 Å². The van der Waals surface area contributed by atoms with Gasteiger partial charge in [0.15, 0.2) is 0 Å². The van der Waals surface area contributed by atoms with E-state index in [4.69, 9.17) is 16.7 Å². The smallest absolute Gasteiger partial charge is 0.326 e. The van der Waals surface area contributed by atoms with Gasteiger partial charge < -0.3 is 10.0 Å². The second-order valence-electron chi connectivity index (χ2n) is 3.52. The number of nitro groups is 1.